The summed E-state index contributed by atoms with van der Waals surface area (Å²) < 4.78 is 0. The molecule has 3 N–H and O–H groups in total. The number of aromatic nitrogens is 2. The molecule has 1 amide bonds. The van der Waals surface area contributed by atoms with Gasteiger partial charge in [0.25, 0.3) is 0 Å². The van der Waals surface area contributed by atoms with Gasteiger partial charge in [-0.3, -0.25) is 14.6 Å². The molecule has 3 aliphatic rings. The minimum Gasteiger partial charge on any atom is -0.384 e. The van der Waals surface area contributed by atoms with Crippen LogP contribution in [0.5, 0.6) is 0 Å². The first kappa shape index (κ1) is 17.0. The summed E-state index contributed by atoms with van der Waals surface area (Å²) in [4.78, 5) is 27.3. The van der Waals surface area contributed by atoms with Gasteiger partial charge in [-0.25, -0.2) is 4.98 Å². The number of carbonyl (C=O) groups excluding carboxylic acids is 1. The lowest BCUT2D eigenvalue weighted by Gasteiger charge is -2.43. The first-order valence-electron chi connectivity index (χ1n) is 10.2. The van der Waals surface area contributed by atoms with Gasteiger partial charge in [0.05, 0.1) is 18.3 Å². The quantitative estimate of drug-likeness (QED) is 0.851. The molecule has 2 aliphatic heterocycles. The highest BCUT2D eigenvalue weighted by molar-refractivity contribution is 5.86. The fourth-order valence-corrected chi connectivity index (χ4v) is 4.73. The molecule has 1 saturated carbocycles. The number of fused-ring (bicyclic) bond motifs is 3. The molecular formula is C20H28N6O. The van der Waals surface area contributed by atoms with Crippen molar-refractivity contribution in [3.8, 4) is 0 Å². The van der Waals surface area contributed by atoms with Crippen LogP contribution in [0.2, 0.25) is 0 Å². The second-order valence-electron chi connectivity index (χ2n) is 8.20. The van der Waals surface area contributed by atoms with Gasteiger partial charge >= 0.3 is 0 Å². The van der Waals surface area contributed by atoms with Gasteiger partial charge in [-0.05, 0) is 30.9 Å². The Hall–Kier alpha value is -2.12. The third kappa shape index (κ3) is 3.19. The van der Waals surface area contributed by atoms with Crippen molar-refractivity contribution in [3.05, 3.63) is 23.5 Å². The van der Waals surface area contributed by atoms with Crippen molar-refractivity contribution >= 4 is 22.6 Å². The van der Waals surface area contributed by atoms with Crippen molar-refractivity contribution < 1.29 is 4.79 Å². The van der Waals surface area contributed by atoms with E-state index >= 15 is 0 Å². The molecule has 4 heterocycles. The van der Waals surface area contributed by atoms with E-state index in [1.807, 2.05) is 6.07 Å². The minimum absolute atomic E-state index is 0.272. The summed E-state index contributed by atoms with van der Waals surface area (Å²) in [6.07, 6.45) is 6.81. The van der Waals surface area contributed by atoms with Crippen LogP contribution in [-0.2, 0) is 17.8 Å². The SMILES string of the molecule is Nc1cc2c3c([nH]c2cn1)CN(CC(=O)N1CCN(C2CCC2)CC1)CC3. The number of rotatable bonds is 3. The zero-order valence-corrected chi connectivity index (χ0v) is 15.8. The van der Waals surface area contributed by atoms with E-state index in [4.69, 9.17) is 5.73 Å². The van der Waals surface area contributed by atoms with E-state index in [2.05, 4.69) is 24.7 Å². The maximum absolute atomic E-state index is 12.8. The lowest BCUT2D eigenvalue weighted by Crippen LogP contribution is -2.55. The monoisotopic (exact) mass is 368 g/mol. The molecule has 0 bridgehead atoms. The van der Waals surface area contributed by atoms with Crippen molar-refractivity contribution in [1.82, 2.24) is 24.7 Å². The Morgan fingerprint density at radius 3 is 2.78 bits per heavy atom. The van der Waals surface area contributed by atoms with Crippen LogP contribution in [0.25, 0.3) is 10.9 Å². The van der Waals surface area contributed by atoms with E-state index in [1.54, 1.807) is 6.20 Å². The maximum Gasteiger partial charge on any atom is 0.236 e. The number of amides is 1. The highest BCUT2D eigenvalue weighted by atomic mass is 16.2. The van der Waals surface area contributed by atoms with Crippen molar-refractivity contribution in [1.29, 1.82) is 0 Å². The second kappa shape index (κ2) is 6.80. The number of nitrogens with two attached hydrogens (primary N) is 1. The lowest BCUT2D eigenvalue weighted by atomic mass is 9.91. The normalized spacial score (nSPS) is 22.0. The van der Waals surface area contributed by atoms with Crippen LogP contribution >= 0.6 is 0 Å². The molecule has 0 radical (unpaired) electrons. The van der Waals surface area contributed by atoms with Crippen LogP contribution in [0.4, 0.5) is 5.82 Å². The highest BCUT2D eigenvalue weighted by Gasteiger charge is 2.30. The molecule has 2 aromatic heterocycles. The Labute approximate surface area is 159 Å². The number of hydrogen-bond donors (Lipinski definition) is 2. The molecule has 2 fully saturated rings. The third-order valence-electron chi connectivity index (χ3n) is 6.58. The summed E-state index contributed by atoms with van der Waals surface area (Å²) in [5, 5.41) is 1.18. The average Bonchev–Trinajstić information content (AvgIpc) is 2.98. The topological polar surface area (TPSA) is 81.5 Å². The average molecular weight is 368 g/mol. The predicted octanol–water partition coefficient (Wildman–Crippen LogP) is 1.20. The predicted molar refractivity (Wildman–Crippen MR) is 105 cm³/mol. The van der Waals surface area contributed by atoms with Gasteiger partial charge in [0.2, 0.25) is 5.91 Å². The Morgan fingerprint density at radius 2 is 2.04 bits per heavy atom. The van der Waals surface area contributed by atoms with Gasteiger partial charge in [0.1, 0.15) is 5.82 Å². The number of nitrogens with zero attached hydrogens (tertiary/aromatic N) is 4. The fourth-order valence-electron chi connectivity index (χ4n) is 4.73. The Bertz CT molecular complexity index is 850. The smallest absolute Gasteiger partial charge is 0.236 e. The molecule has 1 aliphatic carbocycles. The molecule has 5 rings (SSSR count). The zero-order valence-electron chi connectivity index (χ0n) is 15.8. The summed E-state index contributed by atoms with van der Waals surface area (Å²) in [5.41, 5.74) is 9.41. The van der Waals surface area contributed by atoms with Crippen LogP contribution in [0.15, 0.2) is 12.3 Å². The third-order valence-corrected chi connectivity index (χ3v) is 6.58. The van der Waals surface area contributed by atoms with Crippen molar-refractivity contribution in [2.75, 3.05) is 45.0 Å². The summed E-state index contributed by atoms with van der Waals surface area (Å²) in [5.74, 6) is 0.830. The molecular weight excluding hydrogens is 340 g/mol. The van der Waals surface area contributed by atoms with Gasteiger partial charge in [0, 0.05) is 56.4 Å². The van der Waals surface area contributed by atoms with Gasteiger partial charge in [-0.2, -0.15) is 0 Å². The number of anilines is 1. The van der Waals surface area contributed by atoms with Crippen LogP contribution in [0, 0.1) is 0 Å². The number of piperazine rings is 1. The van der Waals surface area contributed by atoms with Crippen molar-refractivity contribution in [2.24, 2.45) is 0 Å². The van der Waals surface area contributed by atoms with E-state index in [9.17, 15) is 4.79 Å². The maximum atomic E-state index is 12.8. The van der Waals surface area contributed by atoms with E-state index in [0.29, 0.717) is 12.4 Å². The van der Waals surface area contributed by atoms with E-state index < -0.39 is 0 Å². The van der Waals surface area contributed by atoms with Crippen molar-refractivity contribution in [2.45, 2.75) is 38.3 Å². The molecule has 1 saturated heterocycles. The Balaban J connectivity index is 1.20. The number of pyridine rings is 1. The Kier molecular flexibility index (Phi) is 4.28. The summed E-state index contributed by atoms with van der Waals surface area (Å²) in [6, 6.07) is 2.74. The number of carbonyl (C=O) groups is 1. The van der Waals surface area contributed by atoms with Gasteiger partial charge < -0.3 is 15.6 Å². The summed E-state index contributed by atoms with van der Waals surface area (Å²) >= 11 is 0. The molecule has 0 unspecified atom stereocenters. The van der Waals surface area contributed by atoms with Crippen LogP contribution in [0.1, 0.15) is 30.5 Å². The standard InChI is InChI=1S/C20H28N6O/c21-19-10-16-15-4-5-24(12-18(15)23-17(16)11-22-19)13-20(27)26-8-6-25(7-9-26)14-2-1-3-14/h10-11,14,23H,1-9,12-13H2,(H2,21,22). The number of aromatic amines is 1. The highest BCUT2D eigenvalue weighted by Crippen LogP contribution is 2.28. The van der Waals surface area contributed by atoms with Gasteiger partial charge in [0.15, 0.2) is 0 Å². The minimum atomic E-state index is 0.272. The number of H-pyrrole nitrogens is 1. The van der Waals surface area contributed by atoms with Crippen LogP contribution in [0.3, 0.4) is 0 Å². The fraction of sp³-hybridized carbons (Fsp3) is 0.600. The molecule has 0 atom stereocenters. The molecule has 2 aromatic rings. The molecule has 0 spiro atoms. The zero-order chi connectivity index (χ0) is 18.4. The van der Waals surface area contributed by atoms with Gasteiger partial charge in [-0.1, -0.05) is 6.42 Å². The number of hydrogen-bond acceptors (Lipinski definition) is 5. The van der Waals surface area contributed by atoms with E-state index in [0.717, 1.165) is 57.2 Å². The van der Waals surface area contributed by atoms with Gasteiger partial charge in [-0.15, -0.1) is 0 Å². The Morgan fingerprint density at radius 1 is 1.22 bits per heavy atom. The van der Waals surface area contributed by atoms with E-state index in [-0.39, 0.29) is 5.91 Å². The first-order chi connectivity index (χ1) is 13.2. The first-order valence-corrected chi connectivity index (χ1v) is 10.2. The van der Waals surface area contributed by atoms with Crippen LogP contribution < -0.4 is 5.73 Å². The second-order valence-corrected chi connectivity index (χ2v) is 8.20. The number of nitrogen functional groups attached to an aromatic ring is 1. The molecule has 7 heteroatoms. The largest absolute Gasteiger partial charge is 0.384 e. The van der Waals surface area contributed by atoms with Crippen LogP contribution in [-0.4, -0.2) is 75.9 Å². The lowest BCUT2D eigenvalue weighted by molar-refractivity contribution is -0.135. The molecule has 0 aromatic carbocycles. The summed E-state index contributed by atoms with van der Waals surface area (Å²) in [7, 11) is 0. The molecule has 27 heavy (non-hydrogen) atoms. The molecule has 7 nitrogen and oxygen atoms in total. The molecule has 144 valence electrons. The van der Waals surface area contributed by atoms with E-state index in [1.165, 1.54) is 35.9 Å². The number of nitrogens with one attached hydrogen (secondary N) is 1. The summed E-state index contributed by atoms with van der Waals surface area (Å²) in [6.45, 7) is 6.05. The van der Waals surface area contributed by atoms with Crippen molar-refractivity contribution in [3.63, 3.8) is 0 Å².